The second-order valence-electron chi connectivity index (χ2n) is 3.60. The van der Waals surface area contributed by atoms with Crippen LogP contribution in [0, 0.1) is 0 Å². The zero-order valence-electron chi connectivity index (χ0n) is 10.0. The molecule has 0 saturated heterocycles. The Hall–Kier alpha value is -0.952. The van der Waals surface area contributed by atoms with E-state index in [2.05, 4.69) is 0 Å². The first-order valence-electron chi connectivity index (χ1n) is 5.39. The molecule has 0 amide bonds. The van der Waals surface area contributed by atoms with Gasteiger partial charge in [-0.1, -0.05) is 60.7 Å². The third kappa shape index (κ3) is 5.28. The first-order chi connectivity index (χ1) is 9.20. The summed E-state index contributed by atoms with van der Waals surface area (Å²) in [5.74, 6) is 0. The van der Waals surface area contributed by atoms with Gasteiger partial charge in [0.1, 0.15) is 0 Å². The molecule has 0 aliphatic carbocycles. The number of hydrogen-bond acceptors (Lipinski definition) is 2. The molecule has 0 unspecified atom stereocenters. The molecule has 104 valence electrons. The van der Waals surface area contributed by atoms with Crippen molar-refractivity contribution < 1.29 is 16.5 Å². The van der Waals surface area contributed by atoms with Crippen molar-refractivity contribution >= 4 is 30.2 Å². The van der Waals surface area contributed by atoms with Crippen LogP contribution in [-0.2, 0) is 16.5 Å². The molecule has 2 rings (SSSR count). The van der Waals surface area contributed by atoms with Crippen LogP contribution in [0.25, 0.3) is 11.4 Å². The Morgan fingerprint density at radius 3 is 1.21 bits per heavy atom. The minimum absolute atomic E-state index is 0.472. The zero-order valence-corrected chi connectivity index (χ0v) is 13.8. The maximum absolute atomic E-state index is 6.03. The normalized spacial score (nSPS) is 11.3. The van der Waals surface area contributed by atoms with Crippen molar-refractivity contribution in [3.63, 3.8) is 0 Å². The average molecular weight is 476 g/mol. The van der Waals surface area contributed by atoms with E-state index in [0.717, 1.165) is 11.1 Å². The van der Waals surface area contributed by atoms with Gasteiger partial charge in [0.2, 0.25) is 0 Å². The zero-order chi connectivity index (χ0) is 14.1. The van der Waals surface area contributed by atoms with Gasteiger partial charge in [-0.2, -0.15) is 0 Å². The Kier molecular flexibility index (Phi) is 7.66. The number of benzene rings is 2. The van der Waals surface area contributed by atoms with Gasteiger partial charge < -0.3 is 11.5 Å². The molecule has 0 atom stereocenters. The third-order valence-corrected chi connectivity index (χ3v) is 2.46. The van der Waals surface area contributed by atoms with Crippen LogP contribution < -0.4 is 11.5 Å². The summed E-state index contributed by atoms with van der Waals surface area (Å²) in [4.78, 5) is 0. The van der Waals surface area contributed by atoms with Gasteiger partial charge in [0.15, 0.2) is 0 Å². The van der Waals surface area contributed by atoms with E-state index in [1.807, 2.05) is 60.7 Å². The van der Waals surface area contributed by atoms with Crippen molar-refractivity contribution in [3.05, 3.63) is 71.8 Å². The molecule has 0 bridgehead atoms. The number of rotatable bonds is 2. The number of nitrogens with two attached hydrogens (primary N) is 2. The Bertz CT molecular complexity index is 468. The van der Waals surface area contributed by atoms with E-state index < -0.39 is 16.5 Å². The van der Waals surface area contributed by atoms with Gasteiger partial charge in [0.25, 0.3) is 0 Å². The summed E-state index contributed by atoms with van der Waals surface area (Å²) < 4.78 is 0. The average Bonchev–Trinajstić information content (AvgIpc) is 2.48. The molecule has 5 heteroatoms. The Balaban J connectivity index is 0.000000550. The molecule has 0 heterocycles. The van der Waals surface area contributed by atoms with Crippen LogP contribution in [0.2, 0.25) is 0 Å². The van der Waals surface area contributed by atoms with Crippen molar-refractivity contribution in [2.75, 3.05) is 0 Å². The third-order valence-electron chi connectivity index (χ3n) is 2.46. The molecule has 0 aromatic heterocycles. The van der Waals surface area contributed by atoms with Gasteiger partial charge in [0, 0.05) is 0 Å². The Morgan fingerprint density at radius 1 is 0.684 bits per heavy atom. The molecule has 2 aromatic carbocycles. The van der Waals surface area contributed by atoms with Crippen LogP contribution in [0.1, 0.15) is 11.1 Å². The van der Waals surface area contributed by atoms with Gasteiger partial charge in [0.05, 0.1) is 11.4 Å². The topological polar surface area (TPSA) is 52.0 Å². The van der Waals surface area contributed by atoms with E-state index in [1.54, 1.807) is 0 Å². The summed E-state index contributed by atoms with van der Waals surface area (Å²) in [5, 5.41) is 0. The first-order valence-corrected chi connectivity index (χ1v) is 11.0. The van der Waals surface area contributed by atoms with Crippen LogP contribution in [-0.4, -0.2) is 0 Å². The Labute approximate surface area is 129 Å². The van der Waals surface area contributed by atoms with Gasteiger partial charge >= 0.3 is 35.3 Å². The molecule has 0 aliphatic rings. The summed E-state index contributed by atoms with van der Waals surface area (Å²) in [6.07, 6.45) is 0. The van der Waals surface area contributed by atoms with Crippen LogP contribution in [0.4, 0.5) is 0 Å². The summed E-state index contributed by atoms with van der Waals surface area (Å²) in [5.41, 5.74) is 15.2. The molecule has 0 saturated carbocycles. The van der Waals surface area contributed by atoms with Gasteiger partial charge in [-0.05, 0) is 11.1 Å². The van der Waals surface area contributed by atoms with Gasteiger partial charge in [-0.3, -0.25) is 0 Å². The fourth-order valence-corrected chi connectivity index (χ4v) is 1.55. The van der Waals surface area contributed by atoms with Crippen LogP contribution in [0.3, 0.4) is 0 Å². The second kappa shape index (κ2) is 9.03. The number of halogens is 2. The monoisotopic (exact) mass is 475 g/mol. The standard InChI is InChI=1S/C14H14N2.2ClH.Pt/c15-13(11-7-3-1-4-8-11)14(16)12-9-5-2-6-10-12;;;/h1-10H,15-16H2;2*1H;/q;;;+2/p-2. The van der Waals surface area contributed by atoms with Crippen LogP contribution in [0.15, 0.2) is 60.7 Å². The van der Waals surface area contributed by atoms with Crippen LogP contribution in [0.5, 0.6) is 0 Å². The summed E-state index contributed by atoms with van der Waals surface area (Å²) >= 11 is -0.472. The van der Waals surface area contributed by atoms with Crippen molar-refractivity contribution in [1.82, 2.24) is 0 Å². The van der Waals surface area contributed by atoms with E-state index in [1.165, 1.54) is 0 Å². The SMILES string of the molecule is NC(=C(N)c1ccccc1)c1ccccc1.[Cl][Pt][Cl]. The molecule has 0 spiro atoms. The maximum atomic E-state index is 6.03. The molecule has 2 nitrogen and oxygen atoms in total. The number of hydrogen-bond donors (Lipinski definition) is 2. The van der Waals surface area contributed by atoms with Crippen molar-refractivity contribution in [3.8, 4) is 0 Å². The van der Waals surface area contributed by atoms with E-state index in [9.17, 15) is 0 Å². The predicted molar refractivity (Wildman–Crippen MR) is 79.8 cm³/mol. The fraction of sp³-hybridized carbons (Fsp3) is 0. The van der Waals surface area contributed by atoms with E-state index in [4.69, 9.17) is 30.3 Å². The molecule has 0 fully saturated rings. The first kappa shape index (κ1) is 16.1. The van der Waals surface area contributed by atoms with E-state index >= 15 is 0 Å². The quantitative estimate of drug-likeness (QED) is 0.649. The molecule has 2 aromatic rings. The summed E-state index contributed by atoms with van der Waals surface area (Å²) in [6, 6.07) is 19.5. The van der Waals surface area contributed by atoms with E-state index in [-0.39, 0.29) is 0 Å². The van der Waals surface area contributed by atoms with Gasteiger partial charge in [-0.25, -0.2) is 0 Å². The van der Waals surface area contributed by atoms with Crippen molar-refractivity contribution in [1.29, 1.82) is 0 Å². The van der Waals surface area contributed by atoms with E-state index in [0.29, 0.717) is 11.4 Å². The van der Waals surface area contributed by atoms with Gasteiger partial charge in [-0.15, -0.1) is 0 Å². The second-order valence-corrected chi connectivity index (χ2v) is 6.89. The molecule has 0 aliphatic heterocycles. The van der Waals surface area contributed by atoms with Crippen molar-refractivity contribution in [2.24, 2.45) is 11.5 Å². The molecular weight excluding hydrogens is 462 g/mol. The Morgan fingerprint density at radius 2 is 0.947 bits per heavy atom. The molecular formula is C14H14Cl2N2Pt. The summed E-state index contributed by atoms with van der Waals surface area (Å²) in [6.45, 7) is 0. The fourth-order valence-electron chi connectivity index (χ4n) is 1.55. The molecule has 19 heavy (non-hydrogen) atoms. The molecule has 0 radical (unpaired) electrons. The van der Waals surface area contributed by atoms with Crippen LogP contribution >= 0.6 is 18.8 Å². The summed E-state index contributed by atoms with van der Waals surface area (Å²) in [7, 11) is 9.75. The molecule has 4 N–H and O–H groups in total. The van der Waals surface area contributed by atoms with Crippen molar-refractivity contribution in [2.45, 2.75) is 0 Å². The predicted octanol–water partition coefficient (Wildman–Crippen LogP) is 3.81. The minimum atomic E-state index is -0.472.